The molecule has 4 rings (SSSR count). The van der Waals surface area contributed by atoms with Gasteiger partial charge in [0.2, 0.25) is 0 Å². The Morgan fingerprint density at radius 3 is 1.83 bits per heavy atom. The normalized spacial score (nSPS) is 25.9. The summed E-state index contributed by atoms with van der Waals surface area (Å²) in [5, 5.41) is 11.1. The average Bonchev–Trinajstić information content (AvgIpc) is 2.91. The molecule has 190 valence electrons. The second kappa shape index (κ2) is 13.3. The first kappa shape index (κ1) is 26.7. The molecule has 0 saturated carbocycles. The van der Waals surface area contributed by atoms with E-state index in [0.717, 1.165) is 16.7 Å². The van der Waals surface area contributed by atoms with Crippen molar-refractivity contribution in [2.45, 2.75) is 55.2 Å². The molecule has 1 saturated heterocycles. The lowest BCUT2D eigenvalue weighted by Gasteiger charge is -2.49. The number of hydrogen-bond acceptors (Lipinski definition) is 5. The van der Waals surface area contributed by atoms with Crippen molar-refractivity contribution in [2.75, 3.05) is 6.61 Å². The van der Waals surface area contributed by atoms with Gasteiger partial charge < -0.3 is 24.1 Å². The second-order valence-electron chi connectivity index (χ2n) is 8.95. The van der Waals surface area contributed by atoms with Gasteiger partial charge in [-0.05, 0) is 23.1 Å². The molecular weight excluding hydrogens is 520 g/mol. The zero-order valence-electron chi connectivity index (χ0n) is 20.2. The first-order valence-corrected chi connectivity index (χ1v) is 13.1. The Morgan fingerprint density at radius 1 is 0.806 bits per heavy atom. The number of halogens is 1. The second-order valence-corrected chi connectivity index (χ2v) is 9.79. The van der Waals surface area contributed by atoms with Crippen molar-refractivity contribution in [1.29, 1.82) is 0 Å². The van der Waals surface area contributed by atoms with Crippen LogP contribution in [-0.2, 0) is 38.8 Å². The van der Waals surface area contributed by atoms with Crippen LogP contribution in [0.4, 0.5) is 0 Å². The van der Waals surface area contributed by atoms with Crippen LogP contribution in [0.2, 0.25) is 0 Å². The standard InChI is InChI=1S/C30H33BrO5/c1-2-18-30(32)28(35-21-25-16-10-5-11-17-25)27(34-20-24-14-8-4-9-15-24)26(36-29(30)31)22-33-19-23-12-6-3-7-13-23/h2-17,26-29,32H,1,18-22H2/t26-,27-,28+,29?,30-/m1/s1. The van der Waals surface area contributed by atoms with Crippen LogP contribution in [0, 0.1) is 0 Å². The maximum absolute atomic E-state index is 11.8. The minimum atomic E-state index is -1.38. The van der Waals surface area contributed by atoms with Crippen LogP contribution in [0.25, 0.3) is 0 Å². The number of benzene rings is 3. The molecule has 1 aliphatic heterocycles. The molecule has 1 fully saturated rings. The van der Waals surface area contributed by atoms with E-state index in [1.165, 1.54) is 0 Å². The molecule has 1 unspecified atom stereocenters. The molecule has 1 N–H and O–H groups in total. The fraction of sp³-hybridized carbons (Fsp3) is 0.333. The molecule has 0 radical (unpaired) electrons. The third-order valence-corrected chi connectivity index (χ3v) is 7.28. The summed E-state index contributed by atoms with van der Waals surface area (Å²) < 4.78 is 25.2. The Kier molecular flexibility index (Phi) is 9.87. The van der Waals surface area contributed by atoms with Gasteiger partial charge in [0.15, 0.2) is 0 Å². The van der Waals surface area contributed by atoms with Crippen molar-refractivity contribution in [3.05, 3.63) is 120 Å². The highest BCUT2D eigenvalue weighted by Crippen LogP contribution is 2.40. The predicted molar refractivity (Wildman–Crippen MR) is 143 cm³/mol. The van der Waals surface area contributed by atoms with Gasteiger partial charge in [-0.25, -0.2) is 0 Å². The third-order valence-electron chi connectivity index (χ3n) is 6.27. The molecule has 0 amide bonds. The summed E-state index contributed by atoms with van der Waals surface area (Å²) in [6.07, 6.45) is 0.210. The van der Waals surface area contributed by atoms with Crippen LogP contribution in [-0.4, -0.2) is 40.6 Å². The Balaban J connectivity index is 1.56. The molecule has 3 aromatic carbocycles. The highest BCUT2D eigenvalue weighted by atomic mass is 79.9. The molecular formula is C30H33BrO5. The van der Waals surface area contributed by atoms with Crippen LogP contribution in [0.3, 0.4) is 0 Å². The van der Waals surface area contributed by atoms with E-state index in [1.807, 2.05) is 91.0 Å². The highest BCUT2D eigenvalue weighted by molar-refractivity contribution is 9.09. The summed E-state index contributed by atoms with van der Waals surface area (Å²) in [4.78, 5) is 0. The van der Waals surface area contributed by atoms with E-state index < -0.39 is 28.9 Å². The zero-order chi connectivity index (χ0) is 25.2. The summed E-state index contributed by atoms with van der Waals surface area (Å²) >= 11 is 3.57. The molecule has 0 aromatic heterocycles. The van der Waals surface area contributed by atoms with Gasteiger partial charge in [-0.1, -0.05) is 113 Å². The van der Waals surface area contributed by atoms with Gasteiger partial charge in [-0.15, -0.1) is 6.58 Å². The smallest absolute Gasteiger partial charge is 0.144 e. The molecule has 36 heavy (non-hydrogen) atoms. The van der Waals surface area contributed by atoms with Gasteiger partial charge in [0.05, 0.1) is 26.4 Å². The van der Waals surface area contributed by atoms with Crippen LogP contribution >= 0.6 is 15.9 Å². The van der Waals surface area contributed by atoms with E-state index >= 15 is 0 Å². The Bertz CT molecular complexity index is 1050. The van der Waals surface area contributed by atoms with Gasteiger partial charge in [0.1, 0.15) is 28.9 Å². The van der Waals surface area contributed by atoms with Crippen LogP contribution < -0.4 is 0 Å². The first-order chi connectivity index (χ1) is 17.6. The molecule has 6 heteroatoms. The van der Waals surface area contributed by atoms with Gasteiger partial charge in [-0.3, -0.25) is 0 Å². The first-order valence-electron chi connectivity index (χ1n) is 12.2. The number of rotatable bonds is 12. The van der Waals surface area contributed by atoms with Crippen LogP contribution in [0.1, 0.15) is 23.1 Å². The number of hydrogen-bond donors (Lipinski definition) is 1. The quantitative estimate of drug-likeness (QED) is 0.227. The third kappa shape index (κ3) is 6.91. The minimum absolute atomic E-state index is 0.269. The van der Waals surface area contributed by atoms with Gasteiger partial charge in [-0.2, -0.15) is 0 Å². The van der Waals surface area contributed by atoms with Crippen LogP contribution in [0.15, 0.2) is 104 Å². The van der Waals surface area contributed by atoms with E-state index in [1.54, 1.807) is 6.08 Å². The van der Waals surface area contributed by atoms with E-state index in [4.69, 9.17) is 18.9 Å². The van der Waals surface area contributed by atoms with Crippen molar-refractivity contribution >= 4 is 15.9 Å². The Morgan fingerprint density at radius 2 is 1.31 bits per heavy atom. The molecule has 1 heterocycles. The van der Waals surface area contributed by atoms with Crippen LogP contribution in [0.5, 0.6) is 0 Å². The molecule has 0 bridgehead atoms. The van der Waals surface area contributed by atoms with Crippen molar-refractivity contribution in [1.82, 2.24) is 0 Å². The summed E-state index contributed by atoms with van der Waals surface area (Å²) in [5.41, 5.74) is 1.73. The maximum Gasteiger partial charge on any atom is 0.144 e. The highest BCUT2D eigenvalue weighted by Gasteiger charge is 2.55. The Labute approximate surface area is 221 Å². The number of alkyl halides is 1. The lowest BCUT2D eigenvalue weighted by atomic mass is 9.85. The molecule has 1 aliphatic rings. The van der Waals surface area contributed by atoms with Gasteiger partial charge in [0, 0.05) is 0 Å². The molecule has 5 atom stereocenters. The maximum atomic E-state index is 11.8. The lowest BCUT2D eigenvalue weighted by molar-refractivity contribution is -0.278. The SMILES string of the molecule is C=CC[C@]1(O)C(Br)O[C@H](COCc2ccccc2)[C@@H](OCc2ccccc2)[C@@H]1OCc1ccccc1. The van der Waals surface area contributed by atoms with E-state index in [-0.39, 0.29) is 13.0 Å². The van der Waals surface area contributed by atoms with Gasteiger partial charge in [0.25, 0.3) is 0 Å². The molecule has 0 spiro atoms. The van der Waals surface area contributed by atoms with Crippen molar-refractivity contribution in [3.8, 4) is 0 Å². The number of aliphatic hydroxyl groups is 1. The van der Waals surface area contributed by atoms with E-state index in [9.17, 15) is 5.11 Å². The summed E-state index contributed by atoms with van der Waals surface area (Å²) in [6.45, 7) is 5.26. The molecule has 3 aromatic rings. The van der Waals surface area contributed by atoms with Crippen molar-refractivity contribution in [2.24, 2.45) is 0 Å². The van der Waals surface area contributed by atoms with Crippen molar-refractivity contribution in [3.63, 3.8) is 0 Å². The monoisotopic (exact) mass is 552 g/mol. The molecule has 5 nitrogen and oxygen atoms in total. The number of ether oxygens (including phenoxy) is 4. The van der Waals surface area contributed by atoms with Gasteiger partial charge >= 0.3 is 0 Å². The van der Waals surface area contributed by atoms with E-state index in [0.29, 0.717) is 19.8 Å². The summed E-state index contributed by atoms with van der Waals surface area (Å²) in [7, 11) is 0. The average molecular weight is 553 g/mol. The molecule has 0 aliphatic carbocycles. The van der Waals surface area contributed by atoms with Crippen molar-refractivity contribution < 1.29 is 24.1 Å². The lowest BCUT2D eigenvalue weighted by Crippen LogP contribution is -2.66. The summed E-state index contributed by atoms with van der Waals surface area (Å²) in [5.74, 6) is 0. The zero-order valence-corrected chi connectivity index (χ0v) is 21.8. The predicted octanol–water partition coefficient (Wildman–Crippen LogP) is 5.80. The summed E-state index contributed by atoms with van der Waals surface area (Å²) in [6, 6.07) is 29.8. The Hall–Kier alpha value is -2.32. The minimum Gasteiger partial charge on any atom is -0.383 e. The fourth-order valence-corrected chi connectivity index (χ4v) is 5.08. The van der Waals surface area contributed by atoms with E-state index in [2.05, 4.69) is 22.5 Å². The largest absolute Gasteiger partial charge is 0.383 e. The topological polar surface area (TPSA) is 57.2 Å². The fourth-order valence-electron chi connectivity index (χ4n) is 4.36.